The SMILES string of the molecule is C[C@]1(CCc2ccccc2)NC(=O)N(CN2CCC(C(=O)N3CCCCCC3)CC2)C1=O. The molecule has 1 aromatic rings. The highest BCUT2D eigenvalue weighted by molar-refractivity contribution is 6.06. The number of imide groups is 1. The Balaban J connectivity index is 1.27. The summed E-state index contributed by atoms with van der Waals surface area (Å²) in [4.78, 5) is 44.2. The van der Waals surface area contributed by atoms with E-state index in [4.69, 9.17) is 0 Å². The fourth-order valence-electron chi connectivity index (χ4n) is 5.15. The van der Waals surface area contributed by atoms with Gasteiger partial charge in [0.05, 0.1) is 6.67 Å². The highest BCUT2D eigenvalue weighted by Crippen LogP contribution is 2.26. The number of urea groups is 1. The Hall–Kier alpha value is -2.41. The minimum Gasteiger partial charge on any atom is -0.342 e. The Morgan fingerprint density at radius 1 is 1.00 bits per heavy atom. The first kappa shape index (κ1) is 22.8. The van der Waals surface area contributed by atoms with E-state index in [2.05, 4.69) is 15.1 Å². The van der Waals surface area contributed by atoms with Gasteiger partial charge in [0.15, 0.2) is 0 Å². The molecule has 0 spiro atoms. The average molecular weight is 441 g/mol. The first-order chi connectivity index (χ1) is 15.5. The Bertz CT molecular complexity index is 814. The molecule has 3 saturated heterocycles. The van der Waals surface area contributed by atoms with E-state index in [0.717, 1.165) is 63.8 Å². The first-order valence-electron chi connectivity index (χ1n) is 12.2. The van der Waals surface area contributed by atoms with Gasteiger partial charge in [0, 0.05) is 32.1 Å². The third-order valence-electron chi connectivity index (χ3n) is 7.30. The molecule has 7 nitrogen and oxygen atoms in total. The van der Waals surface area contributed by atoms with Crippen LogP contribution in [0.2, 0.25) is 0 Å². The molecule has 0 aromatic heterocycles. The monoisotopic (exact) mass is 440 g/mol. The van der Waals surface area contributed by atoms with Crippen LogP contribution in [-0.2, 0) is 16.0 Å². The number of rotatable bonds is 6. The van der Waals surface area contributed by atoms with Crippen LogP contribution in [0.4, 0.5) is 4.79 Å². The molecule has 7 heteroatoms. The van der Waals surface area contributed by atoms with Crippen molar-refractivity contribution in [1.82, 2.24) is 20.0 Å². The molecule has 3 aliphatic heterocycles. The summed E-state index contributed by atoms with van der Waals surface area (Å²) in [7, 11) is 0. The van der Waals surface area contributed by atoms with Gasteiger partial charge < -0.3 is 10.2 Å². The summed E-state index contributed by atoms with van der Waals surface area (Å²) in [6.07, 6.45) is 7.57. The fourth-order valence-corrected chi connectivity index (χ4v) is 5.15. The van der Waals surface area contributed by atoms with Crippen molar-refractivity contribution in [1.29, 1.82) is 0 Å². The molecule has 0 unspecified atom stereocenters. The van der Waals surface area contributed by atoms with E-state index in [-0.39, 0.29) is 17.9 Å². The number of benzene rings is 1. The molecule has 3 heterocycles. The highest BCUT2D eigenvalue weighted by Gasteiger charge is 2.47. The van der Waals surface area contributed by atoms with Gasteiger partial charge in [-0.2, -0.15) is 0 Å². The van der Waals surface area contributed by atoms with Crippen molar-refractivity contribution in [2.75, 3.05) is 32.8 Å². The summed E-state index contributed by atoms with van der Waals surface area (Å²) < 4.78 is 0. The second-order valence-electron chi connectivity index (χ2n) is 9.75. The smallest absolute Gasteiger partial charge is 0.326 e. The van der Waals surface area contributed by atoms with Crippen LogP contribution in [0, 0.1) is 5.92 Å². The third kappa shape index (κ3) is 5.14. The van der Waals surface area contributed by atoms with Crippen LogP contribution in [0.25, 0.3) is 0 Å². The van der Waals surface area contributed by atoms with Gasteiger partial charge in [-0.05, 0) is 51.0 Å². The van der Waals surface area contributed by atoms with Crippen molar-refractivity contribution in [3.05, 3.63) is 35.9 Å². The summed E-state index contributed by atoms with van der Waals surface area (Å²) in [5.41, 5.74) is 0.291. The zero-order valence-corrected chi connectivity index (χ0v) is 19.2. The second-order valence-corrected chi connectivity index (χ2v) is 9.75. The van der Waals surface area contributed by atoms with E-state index in [1.54, 1.807) is 0 Å². The quantitative estimate of drug-likeness (QED) is 0.690. The Morgan fingerprint density at radius 3 is 2.31 bits per heavy atom. The molecule has 3 fully saturated rings. The molecule has 0 saturated carbocycles. The van der Waals surface area contributed by atoms with Gasteiger partial charge in [0.1, 0.15) is 5.54 Å². The molecule has 174 valence electrons. The molecule has 0 aliphatic carbocycles. The maximum Gasteiger partial charge on any atom is 0.326 e. The summed E-state index contributed by atoms with van der Waals surface area (Å²) in [6, 6.07) is 9.72. The average Bonchev–Trinajstić information content (AvgIpc) is 3.01. The van der Waals surface area contributed by atoms with Crippen LogP contribution in [0.1, 0.15) is 57.4 Å². The molecule has 32 heavy (non-hydrogen) atoms. The molecule has 1 atom stereocenters. The van der Waals surface area contributed by atoms with E-state index in [1.807, 2.05) is 37.3 Å². The second kappa shape index (κ2) is 10.0. The number of carbonyl (C=O) groups is 3. The van der Waals surface area contributed by atoms with Crippen molar-refractivity contribution < 1.29 is 14.4 Å². The number of carbonyl (C=O) groups excluding carboxylic acids is 3. The maximum atomic E-state index is 13.1. The van der Waals surface area contributed by atoms with Gasteiger partial charge in [-0.25, -0.2) is 9.69 Å². The third-order valence-corrected chi connectivity index (χ3v) is 7.30. The number of hydrogen-bond donors (Lipinski definition) is 1. The summed E-state index contributed by atoms with van der Waals surface area (Å²) in [5, 5.41) is 2.92. The van der Waals surface area contributed by atoms with Gasteiger partial charge in [0.25, 0.3) is 5.91 Å². The van der Waals surface area contributed by atoms with Crippen molar-refractivity contribution in [3.8, 4) is 0 Å². The largest absolute Gasteiger partial charge is 0.342 e. The lowest BCUT2D eigenvalue weighted by Crippen LogP contribution is -2.48. The van der Waals surface area contributed by atoms with Gasteiger partial charge in [-0.1, -0.05) is 43.2 Å². The van der Waals surface area contributed by atoms with E-state index < -0.39 is 5.54 Å². The normalized spacial score (nSPS) is 25.7. The fraction of sp³-hybridized carbons (Fsp3) is 0.640. The lowest BCUT2D eigenvalue weighted by molar-refractivity contribution is -0.138. The Kier molecular flexibility index (Phi) is 7.13. The molecular weight excluding hydrogens is 404 g/mol. The van der Waals surface area contributed by atoms with Crippen LogP contribution in [0.5, 0.6) is 0 Å². The minimum atomic E-state index is -0.867. The Morgan fingerprint density at radius 2 is 1.66 bits per heavy atom. The van der Waals surface area contributed by atoms with E-state index >= 15 is 0 Å². The zero-order valence-electron chi connectivity index (χ0n) is 19.2. The zero-order chi connectivity index (χ0) is 22.6. The van der Waals surface area contributed by atoms with Crippen LogP contribution < -0.4 is 5.32 Å². The molecular formula is C25H36N4O3. The van der Waals surface area contributed by atoms with E-state index in [1.165, 1.54) is 17.7 Å². The van der Waals surface area contributed by atoms with E-state index in [0.29, 0.717) is 19.0 Å². The standard InChI is InChI=1S/C25H36N4O3/c1-25(14-11-20-9-5-4-6-10-20)23(31)29(24(32)26-25)19-27-17-12-21(13-18-27)22(30)28-15-7-2-3-8-16-28/h4-6,9-10,21H,2-3,7-8,11-19H2,1H3,(H,26,32)/t25-/m1/s1. The van der Waals surface area contributed by atoms with Gasteiger partial charge in [-0.3, -0.25) is 14.5 Å². The summed E-state index contributed by atoms with van der Waals surface area (Å²) in [5.74, 6) is 0.222. The highest BCUT2D eigenvalue weighted by atomic mass is 16.2. The number of piperidine rings is 1. The number of hydrogen-bond acceptors (Lipinski definition) is 4. The molecule has 0 radical (unpaired) electrons. The molecule has 4 amide bonds. The van der Waals surface area contributed by atoms with Crippen LogP contribution >= 0.6 is 0 Å². The lowest BCUT2D eigenvalue weighted by atomic mass is 9.93. The van der Waals surface area contributed by atoms with E-state index in [9.17, 15) is 14.4 Å². The van der Waals surface area contributed by atoms with Crippen LogP contribution in [-0.4, -0.2) is 70.9 Å². The lowest BCUT2D eigenvalue weighted by Gasteiger charge is -2.35. The van der Waals surface area contributed by atoms with Gasteiger partial charge in [-0.15, -0.1) is 0 Å². The summed E-state index contributed by atoms with van der Waals surface area (Å²) in [6.45, 7) is 5.38. The molecule has 4 rings (SSSR count). The van der Waals surface area contributed by atoms with Crippen molar-refractivity contribution in [2.24, 2.45) is 5.92 Å². The van der Waals surface area contributed by atoms with Gasteiger partial charge in [0.2, 0.25) is 5.91 Å². The predicted octanol–water partition coefficient (Wildman–Crippen LogP) is 3.00. The van der Waals surface area contributed by atoms with Crippen molar-refractivity contribution in [3.63, 3.8) is 0 Å². The predicted molar refractivity (Wildman–Crippen MR) is 123 cm³/mol. The number of aryl methyl sites for hydroxylation is 1. The topological polar surface area (TPSA) is 73.0 Å². The Labute approximate surface area is 191 Å². The van der Waals surface area contributed by atoms with Crippen molar-refractivity contribution in [2.45, 2.75) is 63.8 Å². The number of nitrogens with one attached hydrogen (secondary N) is 1. The molecule has 3 aliphatic rings. The van der Waals surface area contributed by atoms with Crippen LogP contribution in [0.15, 0.2) is 30.3 Å². The molecule has 1 N–H and O–H groups in total. The molecule has 1 aromatic carbocycles. The maximum absolute atomic E-state index is 13.1. The molecule has 0 bridgehead atoms. The van der Waals surface area contributed by atoms with Crippen LogP contribution in [0.3, 0.4) is 0 Å². The van der Waals surface area contributed by atoms with Gasteiger partial charge >= 0.3 is 6.03 Å². The summed E-state index contributed by atoms with van der Waals surface area (Å²) >= 11 is 0. The number of amides is 4. The van der Waals surface area contributed by atoms with Crippen molar-refractivity contribution >= 4 is 17.8 Å². The number of nitrogens with zero attached hydrogens (tertiary/aromatic N) is 3. The minimum absolute atomic E-state index is 0.0728. The first-order valence-corrected chi connectivity index (χ1v) is 12.2. The number of likely N-dealkylation sites (tertiary alicyclic amines) is 2.